The molecule has 0 aliphatic heterocycles. The Morgan fingerprint density at radius 1 is 1.33 bits per heavy atom. The first-order chi connectivity index (χ1) is 5.45. The average Bonchev–Trinajstić information content (AvgIpc) is 1.84. The van der Waals surface area contributed by atoms with Gasteiger partial charge in [0.25, 0.3) is 0 Å². The van der Waals surface area contributed by atoms with Crippen molar-refractivity contribution < 1.29 is 19.8 Å². The lowest BCUT2D eigenvalue weighted by molar-refractivity contribution is -0.141. The van der Waals surface area contributed by atoms with Crippen molar-refractivity contribution in [2.45, 2.75) is 18.9 Å². The van der Waals surface area contributed by atoms with E-state index in [0.29, 0.717) is 0 Å². The van der Waals surface area contributed by atoms with Gasteiger partial charge in [0, 0.05) is 38.7 Å². The number of carboxylic acids is 2. The molecule has 5 nitrogen and oxygen atoms in total. The lowest BCUT2D eigenvalue weighted by Gasteiger charge is -2.13. The second kappa shape index (κ2) is 5.50. The topological polar surface area (TPSA) is 77.8 Å². The fourth-order valence-corrected chi connectivity index (χ4v) is 1.32. The Kier molecular flexibility index (Phi) is 5.43. The third-order valence-corrected chi connectivity index (χ3v) is 2.14. The van der Waals surface area contributed by atoms with Gasteiger partial charge in [0.15, 0.2) is 0 Å². The Hall–Kier alpha value is -0.140. The van der Waals surface area contributed by atoms with Crippen LogP contribution in [-0.4, -0.2) is 31.1 Å². The molecule has 0 aromatic heterocycles. The molecule has 0 heterocycles. The van der Waals surface area contributed by atoms with E-state index in [9.17, 15) is 9.59 Å². The first kappa shape index (κ1) is 11.9. The molecule has 0 saturated carbocycles. The molecule has 0 aliphatic carbocycles. The highest BCUT2D eigenvalue weighted by molar-refractivity contribution is 9.21. The summed E-state index contributed by atoms with van der Waals surface area (Å²) in [7, 11) is 0. The summed E-state index contributed by atoms with van der Waals surface area (Å²) in [5, 5.41) is 16.8. The molecular formula is C5H7Br2NO4. The first-order valence-electron chi connectivity index (χ1n) is 3.00. The lowest BCUT2D eigenvalue weighted by atomic mass is 10.2. The van der Waals surface area contributed by atoms with Crippen LogP contribution in [0.1, 0.15) is 12.8 Å². The number of carbonyl (C=O) groups is 2. The standard InChI is InChI=1S/C5H7Br2NO4/c6-8(7)3(5(11)12)1-2-4(9)10/h3H,1-2H2,(H,9,10)(H,11,12)/t3-/m0/s1. The van der Waals surface area contributed by atoms with Gasteiger partial charge >= 0.3 is 11.9 Å². The largest absolute Gasteiger partial charge is 0.481 e. The molecule has 0 aliphatic rings. The summed E-state index contributed by atoms with van der Waals surface area (Å²) in [6.07, 6.45) is -0.133. The maximum absolute atomic E-state index is 10.5. The molecule has 0 bridgehead atoms. The summed E-state index contributed by atoms with van der Waals surface area (Å²) in [6.45, 7) is 0. The van der Waals surface area contributed by atoms with E-state index < -0.39 is 18.0 Å². The number of carboxylic acid groups (broad SMARTS) is 2. The minimum atomic E-state index is -1.08. The van der Waals surface area contributed by atoms with Gasteiger partial charge in [-0.15, -0.1) is 0 Å². The van der Waals surface area contributed by atoms with Gasteiger partial charge < -0.3 is 10.2 Å². The van der Waals surface area contributed by atoms with Crippen LogP contribution in [0.15, 0.2) is 0 Å². The Morgan fingerprint density at radius 3 is 2.08 bits per heavy atom. The molecule has 0 aromatic rings. The molecule has 70 valence electrons. The number of hydrogen-bond acceptors (Lipinski definition) is 3. The molecule has 7 heteroatoms. The fraction of sp³-hybridized carbons (Fsp3) is 0.600. The molecule has 0 spiro atoms. The van der Waals surface area contributed by atoms with E-state index in [-0.39, 0.29) is 12.8 Å². The van der Waals surface area contributed by atoms with Gasteiger partial charge in [0.1, 0.15) is 6.04 Å². The number of rotatable bonds is 5. The van der Waals surface area contributed by atoms with E-state index in [4.69, 9.17) is 10.2 Å². The molecule has 0 aromatic carbocycles. The van der Waals surface area contributed by atoms with Crippen LogP contribution in [0.5, 0.6) is 0 Å². The maximum Gasteiger partial charge on any atom is 0.322 e. The van der Waals surface area contributed by atoms with Gasteiger partial charge in [-0.25, -0.2) is 0 Å². The predicted molar refractivity (Wildman–Crippen MR) is 48.0 cm³/mol. The van der Waals surface area contributed by atoms with Crippen molar-refractivity contribution in [1.29, 1.82) is 0 Å². The van der Waals surface area contributed by atoms with E-state index in [1.165, 1.54) is 0 Å². The highest BCUT2D eigenvalue weighted by Crippen LogP contribution is 2.16. The van der Waals surface area contributed by atoms with Gasteiger partial charge in [-0.2, -0.15) is 2.95 Å². The molecule has 12 heavy (non-hydrogen) atoms. The summed E-state index contributed by atoms with van der Waals surface area (Å²) >= 11 is 5.74. The molecule has 0 rings (SSSR count). The number of nitrogens with zero attached hydrogens (tertiary/aromatic N) is 1. The molecule has 0 unspecified atom stereocenters. The minimum Gasteiger partial charge on any atom is -0.481 e. The van der Waals surface area contributed by atoms with E-state index in [0.717, 1.165) is 2.95 Å². The molecule has 0 fully saturated rings. The molecular weight excluding hydrogens is 298 g/mol. The minimum absolute atomic E-state index is 0.0428. The summed E-state index contributed by atoms with van der Waals surface area (Å²) in [5.41, 5.74) is 0. The Labute approximate surface area is 86.0 Å². The van der Waals surface area contributed by atoms with Gasteiger partial charge in [0.2, 0.25) is 0 Å². The van der Waals surface area contributed by atoms with Gasteiger partial charge in [0.05, 0.1) is 0 Å². The highest BCUT2D eigenvalue weighted by atomic mass is 79.9. The van der Waals surface area contributed by atoms with Gasteiger partial charge in [-0.1, -0.05) is 0 Å². The zero-order valence-electron chi connectivity index (χ0n) is 5.91. The van der Waals surface area contributed by atoms with Gasteiger partial charge in [-0.05, 0) is 6.42 Å². The van der Waals surface area contributed by atoms with Crippen LogP contribution in [0.2, 0.25) is 0 Å². The highest BCUT2D eigenvalue weighted by Gasteiger charge is 2.22. The average molecular weight is 305 g/mol. The van der Waals surface area contributed by atoms with Crippen molar-refractivity contribution in [2.75, 3.05) is 0 Å². The van der Waals surface area contributed by atoms with Crippen LogP contribution in [0.4, 0.5) is 0 Å². The van der Waals surface area contributed by atoms with E-state index >= 15 is 0 Å². The van der Waals surface area contributed by atoms with Crippen LogP contribution >= 0.6 is 32.3 Å². The molecule has 1 atom stereocenters. The summed E-state index contributed by atoms with van der Waals surface area (Å²) in [5.74, 6) is -2.09. The summed E-state index contributed by atoms with van der Waals surface area (Å²) < 4.78 is 1.12. The Balaban J connectivity index is 3.97. The lowest BCUT2D eigenvalue weighted by Crippen LogP contribution is -2.29. The van der Waals surface area contributed by atoms with Crippen molar-refractivity contribution in [1.82, 2.24) is 2.95 Å². The smallest absolute Gasteiger partial charge is 0.322 e. The SMILES string of the molecule is O=C(O)CC[C@@H](C(=O)O)N(Br)Br. The van der Waals surface area contributed by atoms with E-state index in [1.807, 2.05) is 0 Å². The van der Waals surface area contributed by atoms with Crippen molar-refractivity contribution >= 4 is 44.2 Å². The van der Waals surface area contributed by atoms with Crippen LogP contribution in [0.3, 0.4) is 0 Å². The Bertz CT molecular complexity index is 184. The number of halogens is 2. The van der Waals surface area contributed by atoms with Crippen molar-refractivity contribution in [2.24, 2.45) is 0 Å². The Morgan fingerprint density at radius 2 is 1.83 bits per heavy atom. The quantitative estimate of drug-likeness (QED) is 0.747. The van der Waals surface area contributed by atoms with Crippen LogP contribution in [-0.2, 0) is 9.59 Å². The van der Waals surface area contributed by atoms with E-state index in [2.05, 4.69) is 32.3 Å². The summed E-state index contributed by atoms with van der Waals surface area (Å²) in [4.78, 5) is 20.6. The monoisotopic (exact) mass is 303 g/mol. The predicted octanol–water partition coefficient (Wildman–Crippen LogP) is 1.23. The van der Waals surface area contributed by atoms with Crippen LogP contribution in [0.25, 0.3) is 0 Å². The normalized spacial score (nSPS) is 12.9. The molecule has 0 amide bonds. The number of hydrogen-bond donors (Lipinski definition) is 2. The van der Waals surface area contributed by atoms with E-state index in [1.54, 1.807) is 0 Å². The maximum atomic E-state index is 10.5. The van der Waals surface area contributed by atoms with Gasteiger partial charge in [-0.3, -0.25) is 9.59 Å². The van der Waals surface area contributed by atoms with Crippen molar-refractivity contribution in [3.63, 3.8) is 0 Å². The third-order valence-electron chi connectivity index (χ3n) is 1.15. The zero-order chi connectivity index (χ0) is 9.72. The van der Waals surface area contributed by atoms with Crippen molar-refractivity contribution in [3.05, 3.63) is 0 Å². The van der Waals surface area contributed by atoms with Crippen LogP contribution in [0, 0.1) is 0 Å². The second-order valence-corrected chi connectivity index (χ2v) is 4.53. The second-order valence-electron chi connectivity index (χ2n) is 2.05. The molecule has 0 saturated heterocycles. The number of aliphatic carboxylic acids is 2. The third kappa shape index (κ3) is 4.68. The fourth-order valence-electron chi connectivity index (χ4n) is 0.565. The zero-order valence-corrected chi connectivity index (χ0v) is 9.08. The summed E-state index contributed by atoms with van der Waals surface area (Å²) in [6, 6.07) is -0.874. The van der Waals surface area contributed by atoms with Crippen molar-refractivity contribution in [3.8, 4) is 0 Å². The van der Waals surface area contributed by atoms with Crippen LogP contribution < -0.4 is 0 Å². The first-order valence-corrected chi connectivity index (χ1v) is 4.42. The molecule has 0 radical (unpaired) electrons. The molecule has 2 N–H and O–H groups in total.